The molecule has 0 bridgehead atoms. The lowest BCUT2D eigenvalue weighted by atomic mass is 10.1. The second kappa shape index (κ2) is 11.8. The van der Waals surface area contributed by atoms with Crippen LogP contribution in [0.25, 0.3) is 11.2 Å². The van der Waals surface area contributed by atoms with Crippen molar-refractivity contribution in [2.75, 3.05) is 18.5 Å². The van der Waals surface area contributed by atoms with E-state index in [2.05, 4.69) is 42.2 Å². The van der Waals surface area contributed by atoms with Gasteiger partial charge in [-0.05, 0) is 44.0 Å². The van der Waals surface area contributed by atoms with Gasteiger partial charge in [0.25, 0.3) is 5.91 Å². The van der Waals surface area contributed by atoms with Crippen molar-refractivity contribution >= 4 is 29.1 Å². The highest BCUT2D eigenvalue weighted by molar-refractivity contribution is 6.06. The summed E-state index contributed by atoms with van der Waals surface area (Å²) in [5.74, 6) is 4.06. The Kier molecular flexibility index (Phi) is 7.78. The molecule has 0 saturated carbocycles. The van der Waals surface area contributed by atoms with E-state index in [1.54, 1.807) is 35.2 Å². The Morgan fingerprint density at radius 3 is 2.81 bits per heavy atom. The summed E-state index contributed by atoms with van der Waals surface area (Å²) in [4.78, 5) is 29.8. The summed E-state index contributed by atoms with van der Waals surface area (Å²) in [6.07, 6.45) is 1.68. The highest BCUT2D eigenvalue weighted by atomic mass is 19.1. The third-order valence-corrected chi connectivity index (χ3v) is 6.75. The van der Waals surface area contributed by atoms with Gasteiger partial charge >= 0.3 is 0 Å². The Morgan fingerprint density at radius 2 is 2.00 bits per heavy atom. The average Bonchev–Trinajstić information content (AvgIpc) is 3.66. The summed E-state index contributed by atoms with van der Waals surface area (Å²) in [5, 5.41) is 14.2. The molecule has 4 aromatic rings. The molecule has 2 aliphatic heterocycles. The Balaban J connectivity index is 1.16. The van der Waals surface area contributed by atoms with Crippen molar-refractivity contribution in [1.29, 1.82) is 0 Å². The fourth-order valence-electron chi connectivity index (χ4n) is 4.94. The van der Waals surface area contributed by atoms with Gasteiger partial charge in [0.15, 0.2) is 34.8 Å². The molecule has 6 rings (SSSR count). The van der Waals surface area contributed by atoms with Crippen LogP contribution in [0.1, 0.15) is 41.8 Å². The predicted molar refractivity (Wildman–Crippen MR) is 149 cm³/mol. The van der Waals surface area contributed by atoms with Crippen LogP contribution in [0.15, 0.2) is 60.3 Å². The largest absolute Gasteiger partial charge is 0.411 e. The molecule has 5 heterocycles. The maximum Gasteiger partial charge on any atom is 0.256 e. The summed E-state index contributed by atoms with van der Waals surface area (Å²) in [5.41, 5.74) is 1.48. The zero-order chi connectivity index (χ0) is 30.0. The van der Waals surface area contributed by atoms with Crippen LogP contribution in [0, 0.1) is 17.7 Å². The quantitative estimate of drug-likeness (QED) is 0.108. The van der Waals surface area contributed by atoms with Crippen LogP contribution in [0.5, 0.6) is 0 Å². The molecule has 13 nitrogen and oxygen atoms in total. The number of ether oxygens (including phenoxy) is 4. The van der Waals surface area contributed by atoms with Crippen LogP contribution in [0.2, 0.25) is 0 Å². The first-order valence-electron chi connectivity index (χ1n) is 13.3. The molecule has 1 aromatic carbocycles. The molecule has 220 valence electrons. The van der Waals surface area contributed by atoms with E-state index in [1.165, 1.54) is 18.5 Å². The van der Waals surface area contributed by atoms with Crippen molar-refractivity contribution in [3.63, 3.8) is 0 Å². The van der Waals surface area contributed by atoms with E-state index in [-0.39, 0.29) is 30.6 Å². The molecule has 3 aromatic heterocycles. The Labute approximate surface area is 244 Å². The Hall–Kier alpha value is -4.81. The number of anilines is 1. The first-order valence-corrected chi connectivity index (χ1v) is 13.3. The second-order valence-electron chi connectivity index (χ2n) is 10.1. The maximum absolute atomic E-state index is 13.7. The van der Waals surface area contributed by atoms with E-state index in [4.69, 9.17) is 24.2 Å². The second-order valence-corrected chi connectivity index (χ2v) is 10.1. The number of amides is 1. The van der Waals surface area contributed by atoms with Crippen LogP contribution >= 0.6 is 0 Å². The van der Waals surface area contributed by atoms with Gasteiger partial charge in [-0.15, -0.1) is 0 Å². The summed E-state index contributed by atoms with van der Waals surface area (Å²) in [7, 11) is 0. The van der Waals surface area contributed by atoms with Crippen molar-refractivity contribution in [2.24, 2.45) is 5.16 Å². The maximum atomic E-state index is 13.7. The minimum absolute atomic E-state index is 0.0420. The van der Waals surface area contributed by atoms with Gasteiger partial charge in [-0.3, -0.25) is 9.36 Å². The van der Waals surface area contributed by atoms with Crippen LogP contribution in [0.4, 0.5) is 10.2 Å². The molecule has 0 unspecified atom stereocenters. The number of imidazole rings is 1. The molecular formula is C29H26FN7O6. The number of rotatable bonds is 7. The number of benzene rings is 1. The number of hydrogen-bond donors (Lipinski definition) is 2. The lowest BCUT2D eigenvalue weighted by Crippen LogP contribution is -2.33. The van der Waals surface area contributed by atoms with Crippen LogP contribution in [-0.4, -0.2) is 79.1 Å². The summed E-state index contributed by atoms with van der Waals surface area (Å²) >= 11 is 0. The summed E-state index contributed by atoms with van der Waals surface area (Å²) < 4.78 is 39.9. The fraction of sp³-hybridized carbons (Fsp3) is 0.310. The van der Waals surface area contributed by atoms with E-state index in [9.17, 15) is 9.18 Å². The number of carbonyl (C=O) groups excluding carboxylic acids is 1. The zero-order valence-corrected chi connectivity index (χ0v) is 23.0. The molecule has 1 amide bonds. The third-order valence-electron chi connectivity index (χ3n) is 6.75. The molecule has 2 saturated heterocycles. The smallest absolute Gasteiger partial charge is 0.256 e. The number of aromatic nitrogens is 5. The van der Waals surface area contributed by atoms with Crippen LogP contribution in [-0.2, 0) is 18.9 Å². The number of pyridine rings is 1. The SMILES string of the molecule is CC1(C)O[C@@H]2[C@H](O1)[C@@H](COCC#Cc1ccc(F)c(C=NO)n1)O[C@H]2n1cnc2c(NC(=O)c3ccccc3)ncnc21. The number of oxime groups is 1. The number of nitrogens with one attached hydrogen (secondary N) is 1. The molecule has 0 spiro atoms. The van der Waals surface area contributed by atoms with E-state index in [1.807, 2.05) is 19.9 Å². The third kappa shape index (κ3) is 5.92. The van der Waals surface area contributed by atoms with E-state index in [0.717, 1.165) is 6.21 Å². The first-order chi connectivity index (χ1) is 20.8. The molecule has 2 N–H and O–H groups in total. The van der Waals surface area contributed by atoms with Crippen molar-refractivity contribution in [2.45, 2.75) is 44.2 Å². The van der Waals surface area contributed by atoms with Gasteiger partial charge in [0.2, 0.25) is 0 Å². The normalized spacial score (nSPS) is 22.4. The summed E-state index contributed by atoms with van der Waals surface area (Å²) in [6, 6.07) is 11.4. The van der Waals surface area contributed by atoms with Gasteiger partial charge in [0, 0.05) is 5.56 Å². The van der Waals surface area contributed by atoms with Gasteiger partial charge in [-0.25, -0.2) is 24.3 Å². The highest BCUT2D eigenvalue weighted by Gasteiger charge is 2.56. The molecule has 0 aliphatic carbocycles. The van der Waals surface area contributed by atoms with E-state index >= 15 is 0 Å². The van der Waals surface area contributed by atoms with Crippen molar-refractivity contribution in [1.82, 2.24) is 24.5 Å². The zero-order valence-electron chi connectivity index (χ0n) is 23.0. The molecule has 43 heavy (non-hydrogen) atoms. The number of halogens is 1. The average molecular weight is 588 g/mol. The standard InChI is InChI=1S/C29H26FN7O6/c1-29(2)42-23-21(14-40-12-6-9-18-10-11-19(30)20(35-18)13-34-39)41-28(24(23)43-29)37-16-33-22-25(31-15-32-26(22)37)36-27(38)17-7-4-3-5-8-17/h3-5,7-8,10-11,13,15-16,21,23-24,28,39H,12,14H2,1-2H3,(H,31,32,36,38)/t21-,23-,24-,28-/m1/s1. The fourth-order valence-corrected chi connectivity index (χ4v) is 4.94. The predicted octanol–water partition coefficient (Wildman–Crippen LogP) is 2.91. The Bertz CT molecular complexity index is 1740. The van der Waals surface area contributed by atoms with Gasteiger partial charge in [-0.1, -0.05) is 29.3 Å². The molecule has 14 heteroatoms. The number of hydrogen-bond acceptors (Lipinski definition) is 11. The topological polar surface area (TPSA) is 155 Å². The summed E-state index contributed by atoms with van der Waals surface area (Å²) in [6.45, 7) is 3.83. The molecule has 2 fully saturated rings. The Morgan fingerprint density at radius 1 is 1.19 bits per heavy atom. The number of nitrogens with zero attached hydrogens (tertiary/aromatic N) is 6. The lowest BCUT2D eigenvalue weighted by Gasteiger charge is -2.24. The van der Waals surface area contributed by atoms with Crippen molar-refractivity contribution in [3.8, 4) is 11.8 Å². The van der Waals surface area contributed by atoms with Gasteiger partial charge in [0.05, 0.1) is 19.1 Å². The minimum atomic E-state index is -0.862. The number of carbonyl (C=O) groups is 1. The van der Waals surface area contributed by atoms with Crippen molar-refractivity contribution in [3.05, 3.63) is 77.9 Å². The molecule has 2 aliphatic rings. The van der Waals surface area contributed by atoms with Gasteiger partial charge in [0.1, 0.15) is 42.6 Å². The monoisotopic (exact) mass is 587 g/mol. The molecule has 0 radical (unpaired) electrons. The highest BCUT2D eigenvalue weighted by Crippen LogP contribution is 2.44. The van der Waals surface area contributed by atoms with E-state index < -0.39 is 36.1 Å². The first kappa shape index (κ1) is 28.3. The lowest BCUT2D eigenvalue weighted by molar-refractivity contribution is -0.201. The molecule has 4 atom stereocenters. The molecular weight excluding hydrogens is 561 g/mol. The van der Waals surface area contributed by atoms with Crippen molar-refractivity contribution < 1.29 is 33.3 Å². The van der Waals surface area contributed by atoms with E-state index in [0.29, 0.717) is 22.4 Å². The van der Waals surface area contributed by atoms with Crippen LogP contribution < -0.4 is 5.32 Å². The number of fused-ring (bicyclic) bond motifs is 2. The van der Waals surface area contributed by atoms with Gasteiger partial charge in [-0.2, -0.15) is 0 Å². The minimum Gasteiger partial charge on any atom is -0.411 e. The van der Waals surface area contributed by atoms with Gasteiger partial charge < -0.3 is 29.5 Å². The van der Waals surface area contributed by atoms with Crippen LogP contribution in [0.3, 0.4) is 0 Å².